The van der Waals surface area contributed by atoms with E-state index in [0.717, 1.165) is 16.6 Å². The van der Waals surface area contributed by atoms with Crippen LogP contribution in [0.1, 0.15) is 23.9 Å². The van der Waals surface area contributed by atoms with Gasteiger partial charge in [0.15, 0.2) is 0 Å². The van der Waals surface area contributed by atoms with Crippen molar-refractivity contribution in [3.63, 3.8) is 0 Å². The molecule has 1 aromatic rings. The van der Waals surface area contributed by atoms with E-state index in [1.54, 1.807) is 0 Å². The topological polar surface area (TPSA) is 12.9 Å². The van der Waals surface area contributed by atoms with Gasteiger partial charge in [-0.15, -0.1) is 0 Å². The number of halogens is 2. The van der Waals surface area contributed by atoms with Crippen LogP contribution in [0.25, 0.3) is 0 Å². The van der Waals surface area contributed by atoms with Crippen LogP contribution in [0, 0.1) is 0 Å². The number of alkyl halides is 1. The van der Waals surface area contributed by atoms with Gasteiger partial charge >= 0.3 is 0 Å². The van der Waals surface area contributed by atoms with Crippen LogP contribution in [-0.2, 0) is 0 Å². The molecule has 0 amide bonds. The number of nitrogens with zero attached hydrogens (tertiary/aromatic N) is 1. The lowest BCUT2D eigenvalue weighted by Gasteiger charge is -2.04. The average Bonchev–Trinajstić information content (AvgIpc) is 2.03. The zero-order chi connectivity index (χ0) is 8.27. The molecule has 0 spiro atoms. The first kappa shape index (κ1) is 9.20. The lowest BCUT2D eigenvalue weighted by atomic mass is 10.2. The van der Waals surface area contributed by atoms with Gasteiger partial charge in [0.1, 0.15) is 0 Å². The summed E-state index contributed by atoms with van der Waals surface area (Å²) in [5.74, 6) is 0. The molecule has 60 valence electrons. The maximum Gasteiger partial charge on any atom is 0.0565 e. The van der Waals surface area contributed by atoms with Crippen LogP contribution in [0.4, 0.5) is 0 Å². The molecule has 3 heteroatoms. The number of rotatable bonds is 2. The summed E-state index contributed by atoms with van der Waals surface area (Å²) in [5, 5.41) is 0. The van der Waals surface area contributed by atoms with E-state index in [2.05, 4.69) is 43.8 Å². The SMILES string of the molecule is CCC(Br)c1cc(Br)ccn1. The molecule has 0 radical (unpaired) electrons. The largest absolute Gasteiger partial charge is 0.260 e. The molecular formula is C8H9Br2N. The van der Waals surface area contributed by atoms with Crippen molar-refractivity contribution >= 4 is 31.9 Å². The van der Waals surface area contributed by atoms with Crippen LogP contribution in [0.15, 0.2) is 22.8 Å². The van der Waals surface area contributed by atoms with Gasteiger partial charge in [-0.3, -0.25) is 4.98 Å². The van der Waals surface area contributed by atoms with Crippen LogP contribution in [0.3, 0.4) is 0 Å². The zero-order valence-corrected chi connectivity index (χ0v) is 9.39. The van der Waals surface area contributed by atoms with Crippen molar-refractivity contribution in [1.82, 2.24) is 4.98 Å². The lowest BCUT2D eigenvalue weighted by molar-refractivity contribution is 0.871. The number of hydrogen-bond donors (Lipinski definition) is 0. The highest BCUT2D eigenvalue weighted by molar-refractivity contribution is 9.10. The van der Waals surface area contributed by atoms with Crippen molar-refractivity contribution in [3.05, 3.63) is 28.5 Å². The Morgan fingerprint density at radius 3 is 2.91 bits per heavy atom. The second-order valence-electron chi connectivity index (χ2n) is 2.27. The average molecular weight is 279 g/mol. The van der Waals surface area contributed by atoms with Gasteiger partial charge in [0.05, 0.1) is 10.5 Å². The molecule has 1 heterocycles. The van der Waals surface area contributed by atoms with Gasteiger partial charge in [0.2, 0.25) is 0 Å². The molecule has 0 N–H and O–H groups in total. The van der Waals surface area contributed by atoms with E-state index in [1.807, 2.05) is 18.3 Å². The molecule has 11 heavy (non-hydrogen) atoms. The van der Waals surface area contributed by atoms with Crippen molar-refractivity contribution < 1.29 is 0 Å². The Kier molecular flexibility index (Phi) is 3.52. The van der Waals surface area contributed by atoms with Gasteiger partial charge in [0.25, 0.3) is 0 Å². The fourth-order valence-corrected chi connectivity index (χ4v) is 1.40. The number of pyridine rings is 1. The summed E-state index contributed by atoms with van der Waals surface area (Å²) >= 11 is 6.93. The summed E-state index contributed by atoms with van der Waals surface area (Å²) in [7, 11) is 0. The second kappa shape index (κ2) is 4.21. The summed E-state index contributed by atoms with van der Waals surface area (Å²) in [5.41, 5.74) is 1.09. The predicted molar refractivity (Wildman–Crippen MR) is 53.9 cm³/mol. The van der Waals surface area contributed by atoms with Crippen molar-refractivity contribution in [1.29, 1.82) is 0 Å². The van der Waals surface area contributed by atoms with Crippen molar-refractivity contribution in [2.75, 3.05) is 0 Å². The monoisotopic (exact) mass is 277 g/mol. The third-order valence-corrected chi connectivity index (χ3v) is 3.03. The second-order valence-corrected chi connectivity index (χ2v) is 4.30. The van der Waals surface area contributed by atoms with Crippen LogP contribution in [0.5, 0.6) is 0 Å². The Bertz CT molecular complexity index is 237. The Morgan fingerprint density at radius 2 is 2.36 bits per heavy atom. The third-order valence-electron chi connectivity index (χ3n) is 1.42. The Morgan fingerprint density at radius 1 is 1.64 bits per heavy atom. The predicted octanol–water partition coefficient (Wildman–Crippen LogP) is 3.69. The molecule has 0 saturated heterocycles. The van der Waals surface area contributed by atoms with E-state index in [4.69, 9.17) is 0 Å². The van der Waals surface area contributed by atoms with E-state index >= 15 is 0 Å². The maximum absolute atomic E-state index is 4.23. The first-order chi connectivity index (χ1) is 5.24. The molecular weight excluding hydrogens is 270 g/mol. The van der Waals surface area contributed by atoms with E-state index in [0.29, 0.717) is 4.83 Å². The first-order valence-electron chi connectivity index (χ1n) is 3.49. The highest BCUT2D eigenvalue weighted by atomic mass is 79.9. The summed E-state index contributed by atoms with van der Waals surface area (Å²) in [6.07, 6.45) is 2.87. The summed E-state index contributed by atoms with van der Waals surface area (Å²) in [6, 6.07) is 3.96. The lowest BCUT2D eigenvalue weighted by Crippen LogP contribution is -1.90. The summed E-state index contributed by atoms with van der Waals surface area (Å²) < 4.78 is 1.08. The molecule has 0 bridgehead atoms. The summed E-state index contributed by atoms with van der Waals surface area (Å²) in [6.45, 7) is 2.13. The van der Waals surface area contributed by atoms with Crippen LogP contribution >= 0.6 is 31.9 Å². The highest BCUT2D eigenvalue weighted by Gasteiger charge is 2.05. The first-order valence-corrected chi connectivity index (χ1v) is 5.20. The molecule has 1 unspecified atom stereocenters. The third kappa shape index (κ3) is 2.56. The number of hydrogen-bond acceptors (Lipinski definition) is 1. The van der Waals surface area contributed by atoms with E-state index in [-0.39, 0.29) is 0 Å². The molecule has 0 aliphatic rings. The van der Waals surface area contributed by atoms with Gasteiger partial charge in [-0.2, -0.15) is 0 Å². The molecule has 0 aromatic carbocycles. The van der Waals surface area contributed by atoms with Crippen LogP contribution in [0.2, 0.25) is 0 Å². The zero-order valence-electron chi connectivity index (χ0n) is 6.22. The van der Waals surface area contributed by atoms with E-state index in [1.165, 1.54) is 0 Å². The van der Waals surface area contributed by atoms with Crippen LogP contribution in [-0.4, -0.2) is 4.98 Å². The van der Waals surface area contributed by atoms with E-state index in [9.17, 15) is 0 Å². The Balaban J connectivity index is 2.86. The van der Waals surface area contributed by atoms with Gasteiger partial charge < -0.3 is 0 Å². The molecule has 0 aliphatic carbocycles. The molecule has 0 aliphatic heterocycles. The quantitative estimate of drug-likeness (QED) is 0.752. The van der Waals surface area contributed by atoms with E-state index < -0.39 is 0 Å². The van der Waals surface area contributed by atoms with Crippen molar-refractivity contribution in [2.24, 2.45) is 0 Å². The van der Waals surface area contributed by atoms with Crippen LogP contribution < -0.4 is 0 Å². The minimum absolute atomic E-state index is 0.375. The van der Waals surface area contributed by atoms with Gasteiger partial charge in [-0.25, -0.2) is 0 Å². The standard InChI is InChI=1S/C8H9Br2N/c1-2-7(10)8-5-6(9)3-4-11-8/h3-5,7H,2H2,1H3. The fraction of sp³-hybridized carbons (Fsp3) is 0.375. The number of aromatic nitrogens is 1. The maximum atomic E-state index is 4.23. The van der Waals surface area contributed by atoms with Crippen molar-refractivity contribution in [3.8, 4) is 0 Å². The van der Waals surface area contributed by atoms with Crippen molar-refractivity contribution in [2.45, 2.75) is 18.2 Å². The Labute approximate surface area is 83.5 Å². The minimum Gasteiger partial charge on any atom is -0.260 e. The van der Waals surface area contributed by atoms with Gasteiger partial charge in [-0.1, -0.05) is 38.8 Å². The van der Waals surface area contributed by atoms with Gasteiger partial charge in [0, 0.05) is 10.7 Å². The molecule has 0 fully saturated rings. The molecule has 1 atom stereocenters. The molecule has 1 nitrogen and oxygen atoms in total. The highest BCUT2D eigenvalue weighted by Crippen LogP contribution is 2.25. The van der Waals surface area contributed by atoms with Gasteiger partial charge in [-0.05, 0) is 18.6 Å². The molecule has 1 rings (SSSR count). The Hall–Kier alpha value is 0.110. The molecule has 1 aromatic heterocycles. The fourth-order valence-electron chi connectivity index (χ4n) is 0.802. The minimum atomic E-state index is 0.375. The smallest absolute Gasteiger partial charge is 0.0565 e. The summed E-state index contributed by atoms with van der Waals surface area (Å²) in [4.78, 5) is 4.61. The normalized spacial score (nSPS) is 13.0. The molecule has 0 saturated carbocycles.